The Balaban J connectivity index is 1.93. The molecule has 0 radical (unpaired) electrons. The fraction of sp³-hybridized carbons (Fsp3) is 0.588. The average molecular weight is 287 g/mol. The Morgan fingerprint density at radius 1 is 1.43 bits per heavy atom. The Hall–Kier alpha value is -1.41. The van der Waals surface area contributed by atoms with E-state index in [1.54, 1.807) is 7.11 Å². The van der Waals surface area contributed by atoms with Crippen LogP contribution in [-0.2, 0) is 10.3 Å². The lowest BCUT2D eigenvalue weighted by molar-refractivity contribution is 0.0879. The summed E-state index contributed by atoms with van der Waals surface area (Å²) in [5.74, 6) is 0.606. The second kappa shape index (κ2) is 7.56. The quantitative estimate of drug-likeness (QED) is 0.870. The number of benzene rings is 1. The van der Waals surface area contributed by atoms with Gasteiger partial charge < -0.3 is 15.4 Å². The van der Waals surface area contributed by atoms with Gasteiger partial charge in [-0.1, -0.05) is 30.3 Å². The highest BCUT2D eigenvalue weighted by Crippen LogP contribution is 2.23. The highest BCUT2D eigenvalue weighted by molar-refractivity contribution is 5.30. The molecule has 1 aliphatic heterocycles. The Bertz CT molecular complexity index is 469. The lowest BCUT2D eigenvalue weighted by Gasteiger charge is -2.34. The lowest BCUT2D eigenvalue weighted by atomic mass is 9.88. The van der Waals surface area contributed by atoms with Crippen LogP contribution in [0.3, 0.4) is 0 Å². The van der Waals surface area contributed by atoms with Crippen LogP contribution in [0.25, 0.3) is 0 Å². The number of hydrogen-bond donors (Lipinski definition) is 1. The molecule has 1 aliphatic rings. The first kappa shape index (κ1) is 16.0. The molecule has 1 fully saturated rings. The molecule has 1 aromatic carbocycles. The lowest BCUT2D eigenvalue weighted by Crippen LogP contribution is -2.43. The number of hydrogen-bond acceptors (Lipinski definition) is 4. The van der Waals surface area contributed by atoms with E-state index in [1.807, 2.05) is 30.3 Å². The van der Waals surface area contributed by atoms with Gasteiger partial charge in [0.05, 0.1) is 12.7 Å². The largest absolute Gasteiger partial charge is 0.384 e. The maximum atomic E-state index is 9.49. The molecule has 0 spiro atoms. The van der Waals surface area contributed by atoms with Crippen molar-refractivity contribution >= 4 is 0 Å². The zero-order valence-corrected chi connectivity index (χ0v) is 12.8. The molecule has 4 heteroatoms. The van der Waals surface area contributed by atoms with Crippen molar-refractivity contribution in [3.05, 3.63) is 35.9 Å². The fourth-order valence-corrected chi connectivity index (χ4v) is 3.06. The Kier molecular flexibility index (Phi) is 5.75. The van der Waals surface area contributed by atoms with Crippen LogP contribution in [0.1, 0.15) is 24.8 Å². The molecule has 21 heavy (non-hydrogen) atoms. The van der Waals surface area contributed by atoms with Gasteiger partial charge in [-0.2, -0.15) is 5.26 Å². The summed E-state index contributed by atoms with van der Waals surface area (Å²) in [6.45, 7) is 3.82. The highest BCUT2D eigenvalue weighted by Gasteiger charge is 2.29. The van der Waals surface area contributed by atoms with Crippen molar-refractivity contribution in [3.8, 4) is 6.07 Å². The second-order valence-corrected chi connectivity index (χ2v) is 5.96. The molecule has 0 aromatic heterocycles. The standard InChI is InChI=1S/C17H25N3O/c1-21-13-15-6-5-10-20(12-15)11-9-17(19,14-18)16-7-3-2-4-8-16/h2-4,7-8,15H,5-6,9-13,19H2,1H3. The smallest absolute Gasteiger partial charge is 0.131 e. The maximum Gasteiger partial charge on any atom is 0.131 e. The summed E-state index contributed by atoms with van der Waals surface area (Å²) < 4.78 is 5.26. The van der Waals surface area contributed by atoms with Gasteiger partial charge in [-0.25, -0.2) is 0 Å². The third kappa shape index (κ3) is 4.28. The molecule has 0 amide bonds. The molecular formula is C17H25N3O. The van der Waals surface area contributed by atoms with Gasteiger partial charge >= 0.3 is 0 Å². The molecule has 114 valence electrons. The molecule has 2 N–H and O–H groups in total. The Morgan fingerprint density at radius 3 is 2.86 bits per heavy atom. The molecule has 2 unspecified atom stereocenters. The van der Waals surface area contributed by atoms with E-state index in [4.69, 9.17) is 10.5 Å². The van der Waals surface area contributed by atoms with E-state index in [2.05, 4.69) is 11.0 Å². The van der Waals surface area contributed by atoms with Crippen molar-refractivity contribution in [3.63, 3.8) is 0 Å². The first-order chi connectivity index (χ1) is 10.2. The summed E-state index contributed by atoms with van der Waals surface area (Å²) in [6.07, 6.45) is 3.09. The van der Waals surface area contributed by atoms with E-state index in [0.717, 1.165) is 31.8 Å². The van der Waals surface area contributed by atoms with Crippen LogP contribution >= 0.6 is 0 Å². The molecule has 1 heterocycles. The summed E-state index contributed by atoms with van der Waals surface area (Å²) in [7, 11) is 1.76. The normalized spacial score (nSPS) is 22.4. The van der Waals surface area contributed by atoms with Gasteiger partial charge in [0.15, 0.2) is 0 Å². The van der Waals surface area contributed by atoms with Gasteiger partial charge in [-0.3, -0.25) is 0 Å². The molecule has 4 nitrogen and oxygen atoms in total. The number of likely N-dealkylation sites (tertiary alicyclic amines) is 1. The highest BCUT2D eigenvalue weighted by atomic mass is 16.5. The van der Waals surface area contributed by atoms with Gasteiger partial charge in [-0.15, -0.1) is 0 Å². The van der Waals surface area contributed by atoms with E-state index in [9.17, 15) is 5.26 Å². The zero-order chi connectivity index (χ0) is 15.1. The number of nitrogens with zero attached hydrogens (tertiary/aromatic N) is 2. The van der Waals surface area contributed by atoms with Crippen LogP contribution in [-0.4, -0.2) is 38.3 Å². The van der Waals surface area contributed by atoms with E-state index in [0.29, 0.717) is 12.3 Å². The predicted molar refractivity (Wildman–Crippen MR) is 83.6 cm³/mol. The van der Waals surface area contributed by atoms with Crippen LogP contribution < -0.4 is 5.73 Å². The maximum absolute atomic E-state index is 9.49. The summed E-state index contributed by atoms with van der Waals surface area (Å²) in [4.78, 5) is 2.41. The number of methoxy groups -OCH3 is 1. The van der Waals surface area contributed by atoms with E-state index < -0.39 is 5.54 Å². The minimum Gasteiger partial charge on any atom is -0.384 e. The molecule has 2 rings (SSSR count). The molecule has 0 aliphatic carbocycles. The van der Waals surface area contributed by atoms with Crippen molar-refractivity contribution in [2.45, 2.75) is 24.8 Å². The van der Waals surface area contributed by atoms with Gasteiger partial charge in [0, 0.05) is 20.2 Å². The predicted octanol–water partition coefficient (Wildman–Crippen LogP) is 2.11. The van der Waals surface area contributed by atoms with Crippen molar-refractivity contribution in [1.29, 1.82) is 5.26 Å². The third-order valence-corrected chi connectivity index (χ3v) is 4.32. The van der Waals surface area contributed by atoms with Crippen LogP contribution in [0.15, 0.2) is 30.3 Å². The summed E-state index contributed by atoms with van der Waals surface area (Å²) in [5, 5.41) is 9.49. The SMILES string of the molecule is COCC1CCCN(CCC(N)(C#N)c2ccccc2)C1. The van der Waals surface area contributed by atoms with Crippen LogP contribution in [0.2, 0.25) is 0 Å². The minimum absolute atomic E-state index is 0.606. The number of ether oxygens (including phenoxy) is 1. The molecule has 2 atom stereocenters. The number of nitriles is 1. The van der Waals surface area contributed by atoms with Gasteiger partial charge in [-0.05, 0) is 37.3 Å². The second-order valence-electron chi connectivity index (χ2n) is 5.96. The van der Waals surface area contributed by atoms with Crippen LogP contribution in [0, 0.1) is 17.2 Å². The van der Waals surface area contributed by atoms with Crippen LogP contribution in [0.5, 0.6) is 0 Å². The fourth-order valence-electron chi connectivity index (χ4n) is 3.06. The van der Waals surface area contributed by atoms with Crippen molar-refractivity contribution < 1.29 is 4.74 Å². The summed E-state index contributed by atoms with van der Waals surface area (Å²) in [6, 6.07) is 12.0. The Labute approximate surface area is 127 Å². The van der Waals surface area contributed by atoms with Gasteiger partial charge in [0.25, 0.3) is 0 Å². The summed E-state index contributed by atoms with van der Waals surface area (Å²) in [5.41, 5.74) is 6.32. The van der Waals surface area contributed by atoms with Crippen LogP contribution in [0.4, 0.5) is 0 Å². The van der Waals surface area contributed by atoms with Gasteiger partial charge in [0.1, 0.15) is 5.54 Å². The van der Waals surface area contributed by atoms with E-state index >= 15 is 0 Å². The van der Waals surface area contributed by atoms with Crippen molar-refractivity contribution in [2.75, 3.05) is 33.4 Å². The zero-order valence-electron chi connectivity index (χ0n) is 12.8. The van der Waals surface area contributed by atoms with Gasteiger partial charge in [0.2, 0.25) is 0 Å². The molecule has 0 saturated carbocycles. The van der Waals surface area contributed by atoms with Crippen molar-refractivity contribution in [2.24, 2.45) is 11.7 Å². The molecule has 1 aromatic rings. The number of nitrogens with two attached hydrogens (primary N) is 1. The third-order valence-electron chi connectivity index (χ3n) is 4.32. The first-order valence-electron chi connectivity index (χ1n) is 7.65. The summed E-state index contributed by atoms with van der Waals surface area (Å²) >= 11 is 0. The molecule has 1 saturated heterocycles. The van der Waals surface area contributed by atoms with E-state index in [1.165, 1.54) is 12.8 Å². The average Bonchev–Trinajstić information content (AvgIpc) is 2.54. The van der Waals surface area contributed by atoms with E-state index in [-0.39, 0.29) is 0 Å². The number of rotatable bonds is 6. The number of piperidine rings is 1. The van der Waals surface area contributed by atoms with Crippen molar-refractivity contribution in [1.82, 2.24) is 4.90 Å². The Morgan fingerprint density at radius 2 is 2.19 bits per heavy atom. The minimum atomic E-state index is -0.893. The molecule has 0 bridgehead atoms. The topological polar surface area (TPSA) is 62.3 Å². The first-order valence-corrected chi connectivity index (χ1v) is 7.65. The molecular weight excluding hydrogens is 262 g/mol. The monoisotopic (exact) mass is 287 g/mol.